The summed E-state index contributed by atoms with van der Waals surface area (Å²) >= 11 is 0. The van der Waals surface area contributed by atoms with Gasteiger partial charge in [0, 0.05) is 19.6 Å². The molecule has 2 aliphatic heterocycles. The molecule has 3 rings (SSSR count). The first-order valence-corrected chi connectivity index (χ1v) is 9.35. The van der Waals surface area contributed by atoms with E-state index in [0.717, 1.165) is 51.1 Å². The molecule has 2 atom stereocenters. The Morgan fingerprint density at radius 2 is 1.88 bits per heavy atom. The van der Waals surface area contributed by atoms with Gasteiger partial charge in [0.15, 0.2) is 0 Å². The maximum Gasteiger partial charge on any atom is 0.251 e. The third kappa shape index (κ3) is 4.37. The molecule has 0 bridgehead atoms. The van der Waals surface area contributed by atoms with E-state index in [4.69, 9.17) is 10.5 Å². The molecule has 1 aromatic rings. The van der Waals surface area contributed by atoms with Crippen molar-refractivity contribution < 1.29 is 9.53 Å². The average Bonchev–Trinajstić information content (AvgIpc) is 3.10. The molecule has 0 aromatic heterocycles. The monoisotopic (exact) mass is 330 g/mol. The second kappa shape index (κ2) is 8.13. The Kier molecular flexibility index (Phi) is 5.90. The Balaban J connectivity index is 1.40. The fourth-order valence-electron chi connectivity index (χ4n) is 3.83. The predicted molar refractivity (Wildman–Crippen MR) is 95.8 cm³/mol. The average molecular weight is 330 g/mol. The molecule has 2 aliphatic rings. The van der Waals surface area contributed by atoms with E-state index in [9.17, 15) is 4.79 Å². The maximum absolute atomic E-state index is 12.5. The van der Waals surface area contributed by atoms with Crippen LogP contribution in [0.3, 0.4) is 0 Å². The minimum atomic E-state index is -0.248. The fraction of sp³-hybridized carbons (Fsp3) is 0.650. The van der Waals surface area contributed by atoms with E-state index in [1.165, 1.54) is 17.5 Å². The van der Waals surface area contributed by atoms with E-state index < -0.39 is 0 Å². The number of amides is 1. The summed E-state index contributed by atoms with van der Waals surface area (Å²) in [6.07, 6.45) is 6.17. The van der Waals surface area contributed by atoms with Crippen molar-refractivity contribution in [1.82, 2.24) is 4.90 Å². The molecule has 4 heteroatoms. The molecular weight excluding hydrogens is 300 g/mol. The number of hydrogen-bond donors (Lipinski definition) is 1. The van der Waals surface area contributed by atoms with Crippen molar-refractivity contribution in [1.29, 1.82) is 0 Å². The van der Waals surface area contributed by atoms with Crippen molar-refractivity contribution in [2.45, 2.75) is 57.7 Å². The Hall–Kier alpha value is -1.39. The number of carbonyl (C=O) groups excluding carboxylic acids is 1. The van der Waals surface area contributed by atoms with Crippen LogP contribution >= 0.6 is 0 Å². The van der Waals surface area contributed by atoms with Gasteiger partial charge in [0.05, 0.1) is 6.10 Å². The van der Waals surface area contributed by atoms with Gasteiger partial charge in [-0.25, -0.2) is 0 Å². The molecule has 0 spiro atoms. The highest BCUT2D eigenvalue weighted by Crippen LogP contribution is 2.26. The Morgan fingerprint density at radius 1 is 1.17 bits per heavy atom. The van der Waals surface area contributed by atoms with Crippen molar-refractivity contribution in [3.05, 3.63) is 35.4 Å². The lowest BCUT2D eigenvalue weighted by molar-refractivity contribution is -0.144. The number of aryl methyl sites for hydroxylation is 2. The molecule has 2 fully saturated rings. The molecule has 0 saturated carbocycles. The van der Waals surface area contributed by atoms with Crippen LogP contribution in [0.2, 0.25) is 0 Å². The summed E-state index contributed by atoms with van der Waals surface area (Å²) in [7, 11) is 0. The molecule has 2 saturated heterocycles. The summed E-state index contributed by atoms with van der Waals surface area (Å²) in [5, 5.41) is 0. The molecule has 4 nitrogen and oxygen atoms in total. The van der Waals surface area contributed by atoms with Crippen molar-refractivity contribution in [3.63, 3.8) is 0 Å². The van der Waals surface area contributed by atoms with Gasteiger partial charge in [-0.2, -0.15) is 0 Å². The number of hydrogen-bond acceptors (Lipinski definition) is 3. The summed E-state index contributed by atoms with van der Waals surface area (Å²) in [5.74, 6) is 0.916. The molecule has 24 heavy (non-hydrogen) atoms. The lowest BCUT2D eigenvalue weighted by atomic mass is 9.90. The van der Waals surface area contributed by atoms with E-state index in [1.54, 1.807) is 0 Å². The zero-order valence-electron chi connectivity index (χ0n) is 14.7. The highest BCUT2D eigenvalue weighted by Gasteiger charge is 2.34. The van der Waals surface area contributed by atoms with Crippen LogP contribution in [0.15, 0.2) is 24.3 Å². The van der Waals surface area contributed by atoms with Crippen molar-refractivity contribution in [2.75, 3.05) is 19.6 Å². The Labute approximate surface area is 145 Å². The molecule has 1 amide bonds. The van der Waals surface area contributed by atoms with Gasteiger partial charge in [-0.15, -0.1) is 0 Å². The minimum absolute atomic E-state index is 0.0750. The SMILES string of the molecule is Cc1ccc(CCC2CCN(C(=O)[C@@H]3CC[C@H](CN)O3)CC2)cc1. The molecule has 0 unspecified atom stereocenters. The summed E-state index contributed by atoms with van der Waals surface area (Å²) in [4.78, 5) is 14.5. The molecule has 2 heterocycles. The quantitative estimate of drug-likeness (QED) is 0.903. The van der Waals surface area contributed by atoms with Crippen LogP contribution in [0.5, 0.6) is 0 Å². The van der Waals surface area contributed by atoms with Gasteiger partial charge < -0.3 is 15.4 Å². The standard InChI is InChI=1S/C20H30N2O2/c1-15-2-4-16(5-3-15)6-7-17-10-12-22(13-11-17)20(23)19-9-8-18(14-21)24-19/h2-5,17-19H,6-14,21H2,1H3/t18-,19+/m1/s1. The van der Waals surface area contributed by atoms with Crippen molar-refractivity contribution in [3.8, 4) is 0 Å². The van der Waals surface area contributed by atoms with Gasteiger partial charge in [0.1, 0.15) is 6.10 Å². The normalized spacial score (nSPS) is 25.2. The third-order valence-corrected chi connectivity index (χ3v) is 5.53. The van der Waals surface area contributed by atoms with Gasteiger partial charge in [-0.3, -0.25) is 4.79 Å². The van der Waals surface area contributed by atoms with E-state index in [2.05, 4.69) is 31.2 Å². The number of nitrogens with zero attached hydrogens (tertiary/aromatic N) is 1. The lowest BCUT2D eigenvalue weighted by Gasteiger charge is -2.33. The third-order valence-electron chi connectivity index (χ3n) is 5.53. The summed E-state index contributed by atoms with van der Waals surface area (Å²) in [6.45, 7) is 4.40. The number of nitrogens with two attached hydrogens (primary N) is 1. The predicted octanol–water partition coefficient (Wildman–Crippen LogP) is 2.67. The first-order valence-electron chi connectivity index (χ1n) is 9.35. The van der Waals surface area contributed by atoms with Crippen LogP contribution in [0, 0.1) is 12.8 Å². The van der Waals surface area contributed by atoms with Crippen LogP contribution in [0.1, 0.15) is 43.2 Å². The zero-order valence-corrected chi connectivity index (χ0v) is 14.7. The van der Waals surface area contributed by atoms with Gasteiger partial charge >= 0.3 is 0 Å². The van der Waals surface area contributed by atoms with E-state index >= 15 is 0 Å². The topological polar surface area (TPSA) is 55.6 Å². The summed E-state index contributed by atoms with van der Waals surface area (Å²) in [6, 6.07) is 8.85. The molecule has 0 radical (unpaired) electrons. The number of piperidine rings is 1. The number of benzene rings is 1. The second-order valence-electron chi connectivity index (χ2n) is 7.35. The minimum Gasteiger partial charge on any atom is -0.364 e. The molecule has 2 N–H and O–H groups in total. The van der Waals surface area contributed by atoms with Crippen LogP contribution in [-0.2, 0) is 16.0 Å². The summed E-state index contributed by atoms with van der Waals surface area (Å²) in [5.41, 5.74) is 8.37. The van der Waals surface area contributed by atoms with Gasteiger partial charge in [-0.05, 0) is 56.9 Å². The van der Waals surface area contributed by atoms with Gasteiger partial charge in [0.2, 0.25) is 0 Å². The largest absolute Gasteiger partial charge is 0.364 e. The lowest BCUT2D eigenvalue weighted by Crippen LogP contribution is -2.44. The Morgan fingerprint density at radius 3 is 2.50 bits per heavy atom. The number of carbonyl (C=O) groups is 1. The first kappa shape index (κ1) is 17.4. The first-order chi connectivity index (χ1) is 11.7. The molecular formula is C20H30N2O2. The van der Waals surface area contributed by atoms with Crippen molar-refractivity contribution >= 4 is 5.91 Å². The van der Waals surface area contributed by atoms with E-state index in [1.807, 2.05) is 4.90 Å². The van der Waals surface area contributed by atoms with Gasteiger partial charge in [0.25, 0.3) is 5.91 Å². The molecule has 1 aromatic carbocycles. The maximum atomic E-state index is 12.5. The summed E-state index contributed by atoms with van der Waals surface area (Å²) < 4.78 is 5.75. The molecule has 132 valence electrons. The Bertz CT molecular complexity index is 535. The van der Waals surface area contributed by atoms with Gasteiger partial charge in [-0.1, -0.05) is 29.8 Å². The highest BCUT2D eigenvalue weighted by atomic mass is 16.5. The number of rotatable bonds is 5. The molecule has 0 aliphatic carbocycles. The highest BCUT2D eigenvalue weighted by molar-refractivity contribution is 5.81. The van der Waals surface area contributed by atoms with Crippen LogP contribution < -0.4 is 5.73 Å². The fourth-order valence-corrected chi connectivity index (χ4v) is 3.83. The number of likely N-dealkylation sites (tertiary alicyclic amines) is 1. The van der Waals surface area contributed by atoms with Crippen LogP contribution in [0.4, 0.5) is 0 Å². The van der Waals surface area contributed by atoms with E-state index in [0.29, 0.717) is 6.54 Å². The van der Waals surface area contributed by atoms with E-state index in [-0.39, 0.29) is 18.1 Å². The second-order valence-corrected chi connectivity index (χ2v) is 7.35. The zero-order chi connectivity index (χ0) is 16.9. The van der Waals surface area contributed by atoms with Crippen LogP contribution in [-0.4, -0.2) is 42.6 Å². The van der Waals surface area contributed by atoms with Crippen LogP contribution in [0.25, 0.3) is 0 Å². The van der Waals surface area contributed by atoms with Crippen molar-refractivity contribution in [2.24, 2.45) is 11.7 Å². The smallest absolute Gasteiger partial charge is 0.251 e. The number of ether oxygens (including phenoxy) is 1.